The lowest BCUT2D eigenvalue weighted by atomic mass is 10.0. The Morgan fingerprint density at radius 3 is 2.39 bits per heavy atom. The summed E-state index contributed by atoms with van der Waals surface area (Å²) in [5.74, 6) is 0.404. The second-order valence-electron chi connectivity index (χ2n) is 9.20. The first-order valence-corrected chi connectivity index (χ1v) is 13.1. The van der Waals surface area contributed by atoms with E-state index in [1.165, 1.54) is 0 Å². The summed E-state index contributed by atoms with van der Waals surface area (Å²) in [7, 11) is 0. The number of nitrogens with one attached hydrogen (secondary N) is 1. The Morgan fingerprint density at radius 2 is 1.72 bits per heavy atom. The Kier molecular flexibility index (Phi) is 10.4. The molecule has 190 valence electrons. The van der Waals surface area contributed by atoms with Crippen LogP contribution in [-0.4, -0.2) is 35.9 Å². The van der Waals surface area contributed by atoms with Crippen molar-refractivity contribution in [2.75, 3.05) is 13.2 Å². The molecule has 0 bridgehead atoms. The van der Waals surface area contributed by atoms with Gasteiger partial charge in [0.15, 0.2) is 6.61 Å². The van der Waals surface area contributed by atoms with Gasteiger partial charge >= 0.3 is 0 Å². The zero-order valence-electron chi connectivity index (χ0n) is 20.8. The maximum absolute atomic E-state index is 13.6. The molecule has 1 N–H and O–H groups in total. The van der Waals surface area contributed by atoms with Gasteiger partial charge in [-0.05, 0) is 59.9 Å². The summed E-state index contributed by atoms with van der Waals surface area (Å²) in [6, 6.07) is 21.9. The lowest BCUT2D eigenvalue weighted by Gasteiger charge is -2.31. The molecule has 0 saturated carbocycles. The second-order valence-corrected chi connectivity index (χ2v) is 10.5. The number of hydrogen-bond acceptors (Lipinski definition) is 3. The number of amides is 2. The van der Waals surface area contributed by atoms with Crippen LogP contribution in [0.5, 0.6) is 5.75 Å². The molecule has 0 saturated heterocycles. The smallest absolute Gasteiger partial charge is 0.261 e. The normalized spacial score (nSPS) is 11.7. The summed E-state index contributed by atoms with van der Waals surface area (Å²) in [6.07, 6.45) is 0.383. The van der Waals surface area contributed by atoms with Crippen molar-refractivity contribution in [1.29, 1.82) is 0 Å². The number of carbonyl (C=O) groups excluding carboxylic acids is 2. The van der Waals surface area contributed by atoms with Crippen LogP contribution in [0.15, 0.2) is 77.3 Å². The summed E-state index contributed by atoms with van der Waals surface area (Å²) < 4.78 is 6.82. The molecule has 0 aliphatic heterocycles. The first-order chi connectivity index (χ1) is 17.2. The summed E-state index contributed by atoms with van der Waals surface area (Å²) in [4.78, 5) is 28.6. The van der Waals surface area contributed by atoms with Crippen LogP contribution in [0, 0.1) is 12.8 Å². The van der Waals surface area contributed by atoms with Gasteiger partial charge < -0.3 is 15.0 Å². The van der Waals surface area contributed by atoms with Gasteiger partial charge in [-0.3, -0.25) is 9.59 Å². The Balaban J connectivity index is 1.90. The molecule has 0 heterocycles. The first kappa shape index (κ1) is 27.8. The fourth-order valence-corrected chi connectivity index (χ4v) is 4.20. The highest BCUT2D eigenvalue weighted by atomic mass is 79.9. The van der Waals surface area contributed by atoms with Crippen LogP contribution in [0.25, 0.3) is 0 Å². The molecule has 1 atom stereocenters. The maximum Gasteiger partial charge on any atom is 0.261 e. The van der Waals surface area contributed by atoms with Gasteiger partial charge in [-0.1, -0.05) is 83.8 Å². The molecule has 0 aliphatic carbocycles. The lowest BCUT2D eigenvalue weighted by molar-refractivity contribution is -0.142. The summed E-state index contributed by atoms with van der Waals surface area (Å²) >= 11 is 9.70. The molecule has 5 nitrogen and oxygen atoms in total. The lowest BCUT2D eigenvalue weighted by Crippen LogP contribution is -2.52. The summed E-state index contributed by atoms with van der Waals surface area (Å²) in [5.41, 5.74) is 2.81. The van der Waals surface area contributed by atoms with Crippen LogP contribution < -0.4 is 10.1 Å². The molecule has 0 radical (unpaired) electrons. The molecular formula is C29H32BrClN2O3. The van der Waals surface area contributed by atoms with E-state index < -0.39 is 6.04 Å². The van der Waals surface area contributed by atoms with Crippen molar-refractivity contribution >= 4 is 39.3 Å². The molecule has 0 spiro atoms. The van der Waals surface area contributed by atoms with Gasteiger partial charge in [0.1, 0.15) is 11.8 Å². The van der Waals surface area contributed by atoms with Gasteiger partial charge in [-0.25, -0.2) is 0 Å². The molecule has 0 fully saturated rings. The van der Waals surface area contributed by atoms with Gasteiger partial charge in [-0.15, -0.1) is 0 Å². The van der Waals surface area contributed by atoms with Crippen LogP contribution in [0.3, 0.4) is 0 Å². The van der Waals surface area contributed by atoms with Crippen molar-refractivity contribution in [2.24, 2.45) is 5.92 Å². The third kappa shape index (κ3) is 8.38. The molecule has 7 heteroatoms. The van der Waals surface area contributed by atoms with Crippen LogP contribution in [0.2, 0.25) is 5.02 Å². The predicted octanol–water partition coefficient (Wildman–Crippen LogP) is 6.20. The van der Waals surface area contributed by atoms with Gasteiger partial charge in [0, 0.05) is 29.0 Å². The van der Waals surface area contributed by atoms with Crippen molar-refractivity contribution < 1.29 is 14.3 Å². The van der Waals surface area contributed by atoms with E-state index in [0.717, 1.165) is 21.2 Å². The molecule has 3 rings (SSSR count). The number of aryl methyl sites for hydroxylation is 1. The van der Waals surface area contributed by atoms with Crippen molar-refractivity contribution in [1.82, 2.24) is 10.2 Å². The average molecular weight is 572 g/mol. The highest BCUT2D eigenvalue weighted by molar-refractivity contribution is 9.10. The number of hydrogen-bond donors (Lipinski definition) is 1. The van der Waals surface area contributed by atoms with Gasteiger partial charge in [-0.2, -0.15) is 0 Å². The van der Waals surface area contributed by atoms with E-state index in [9.17, 15) is 9.59 Å². The quantitative estimate of drug-likeness (QED) is 0.298. The van der Waals surface area contributed by atoms with Gasteiger partial charge in [0.25, 0.3) is 5.91 Å². The van der Waals surface area contributed by atoms with E-state index >= 15 is 0 Å². The minimum Gasteiger partial charge on any atom is -0.484 e. The van der Waals surface area contributed by atoms with Crippen LogP contribution in [0.4, 0.5) is 0 Å². The largest absolute Gasteiger partial charge is 0.484 e. The van der Waals surface area contributed by atoms with Crippen LogP contribution >= 0.6 is 27.5 Å². The van der Waals surface area contributed by atoms with E-state index in [2.05, 4.69) is 21.2 Å². The number of benzene rings is 3. The number of rotatable bonds is 11. The average Bonchev–Trinajstić information content (AvgIpc) is 2.86. The third-order valence-corrected chi connectivity index (χ3v) is 6.81. The molecule has 0 aliphatic rings. The minimum atomic E-state index is -0.715. The molecule has 0 aromatic heterocycles. The zero-order chi connectivity index (χ0) is 26.1. The van der Waals surface area contributed by atoms with E-state index in [4.69, 9.17) is 16.3 Å². The highest BCUT2D eigenvalue weighted by Crippen LogP contribution is 2.22. The maximum atomic E-state index is 13.6. The number of nitrogens with zero attached hydrogens (tertiary/aromatic N) is 1. The van der Waals surface area contributed by atoms with E-state index in [-0.39, 0.29) is 30.9 Å². The van der Waals surface area contributed by atoms with Crippen molar-refractivity contribution in [3.05, 3.63) is 99.0 Å². The molecule has 3 aromatic carbocycles. The molecule has 2 amide bonds. The van der Waals surface area contributed by atoms with Crippen molar-refractivity contribution in [2.45, 2.75) is 39.8 Å². The van der Waals surface area contributed by atoms with E-state index in [1.54, 1.807) is 11.0 Å². The van der Waals surface area contributed by atoms with Crippen LogP contribution in [-0.2, 0) is 22.6 Å². The number of carbonyl (C=O) groups is 2. The topological polar surface area (TPSA) is 58.6 Å². The van der Waals surface area contributed by atoms with E-state index in [1.807, 2.05) is 87.5 Å². The Bertz CT molecular complexity index is 1170. The zero-order valence-corrected chi connectivity index (χ0v) is 23.2. The summed E-state index contributed by atoms with van der Waals surface area (Å²) in [5, 5.41) is 3.59. The second kappa shape index (κ2) is 13.5. The summed E-state index contributed by atoms with van der Waals surface area (Å²) in [6.45, 7) is 6.60. The third-order valence-electron chi connectivity index (χ3n) is 5.69. The van der Waals surface area contributed by atoms with E-state index in [0.29, 0.717) is 23.7 Å². The van der Waals surface area contributed by atoms with Gasteiger partial charge in [0.2, 0.25) is 5.91 Å². The number of halogens is 2. The molecular weight excluding hydrogens is 540 g/mol. The number of ether oxygens (including phenoxy) is 1. The monoisotopic (exact) mass is 570 g/mol. The first-order valence-electron chi connectivity index (χ1n) is 12.0. The Labute approximate surface area is 226 Å². The molecule has 3 aromatic rings. The SMILES string of the molecule is Cc1cc(OCC(=O)N(Cc2cccc(Cl)c2)[C@H](Cc2ccccc2)C(=O)NCC(C)C)ccc1Br. The Morgan fingerprint density at radius 1 is 1.00 bits per heavy atom. The highest BCUT2D eigenvalue weighted by Gasteiger charge is 2.30. The fourth-order valence-electron chi connectivity index (χ4n) is 3.74. The standard InChI is InChI=1S/C29H32BrClN2O3/c1-20(2)17-32-29(35)27(16-22-8-5-4-6-9-22)33(18-23-10-7-11-24(31)15-23)28(34)19-36-25-12-13-26(30)21(3)14-25/h4-15,20,27H,16-19H2,1-3H3,(H,32,35)/t27-/m1/s1. The van der Waals surface area contributed by atoms with Crippen molar-refractivity contribution in [3.8, 4) is 5.75 Å². The molecule has 36 heavy (non-hydrogen) atoms. The Hall–Kier alpha value is -2.83. The van der Waals surface area contributed by atoms with Gasteiger partial charge in [0.05, 0.1) is 0 Å². The molecule has 0 unspecified atom stereocenters. The predicted molar refractivity (Wildman–Crippen MR) is 148 cm³/mol. The van der Waals surface area contributed by atoms with Crippen LogP contribution in [0.1, 0.15) is 30.5 Å². The minimum absolute atomic E-state index is 0.190. The van der Waals surface area contributed by atoms with Crippen molar-refractivity contribution in [3.63, 3.8) is 0 Å². The fraction of sp³-hybridized carbons (Fsp3) is 0.310.